The number of aromatic nitrogens is 1. The van der Waals surface area contributed by atoms with Crippen molar-refractivity contribution >= 4 is 22.9 Å². The van der Waals surface area contributed by atoms with Crippen molar-refractivity contribution in [2.75, 3.05) is 39.3 Å². The van der Waals surface area contributed by atoms with Gasteiger partial charge in [-0.05, 0) is 6.07 Å². The molecule has 22 heavy (non-hydrogen) atoms. The van der Waals surface area contributed by atoms with Crippen LogP contribution in [-0.4, -0.2) is 59.2 Å². The Kier molecular flexibility index (Phi) is 5.44. The van der Waals surface area contributed by atoms with Crippen LogP contribution in [0.15, 0.2) is 29.6 Å². The standard InChI is InChI=1S/C16H20ClN3OS/c17-15-4-2-1-3-14(15)16-18-13(12-22-16)11-20-7-5-19(6-8-20)9-10-21/h1-4,12,21H,5-11H2. The van der Waals surface area contributed by atoms with Crippen LogP contribution in [-0.2, 0) is 6.54 Å². The van der Waals surface area contributed by atoms with Crippen LogP contribution in [0.4, 0.5) is 0 Å². The van der Waals surface area contributed by atoms with Gasteiger partial charge >= 0.3 is 0 Å². The molecule has 0 spiro atoms. The van der Waals surface area contributed by atoms with Gasteiger partial charge in [0.2, 0.25) is 0 Å². The molecule has 1 N–H and O–H groups in total. The minimum Gasteiger partial charge on any atom is -0.395 e. The van der Waals surface area contributed by atoms with E-state index in [1.165, 1.54) is 0 Å². The van der Waals surface area contributed by atoms with E-state index in [-0.39, 0.29) is 6.61 Å². The molecule has 1 aromatic heterocycles. The summed E-state index contributed by atoms with van der Waals surface area (Å²) in [4.78, 5) is 9.44. The largest absolute Gasteiger partial charge is 0.395 e. The number of aliphatic hydroxyl groups is 1. The summed E-state index contributed by atoms with van der Waals surface area (Å²) in [6, 6.07) is 7.84. The first kappa shape index (κ1) is 15.9. The van der Waals surface area contributed by atoms with Crippen LogP contribution in [0.3, 0.4) is 0 Å². The Morgan fingerprint density at radius 2 is 1.86 bits per heavy atom. The summed E-state index contributed by atoms with van der Waals surface area (Å²) >= 11 is 7.88. The van der Waals surface area contributed by atoms with Crippen molar-refractivity contribution < 1.29 is 5.11 Å². The molecule has 4 nitrogen and oxygen atoms in total. The third-order valence-corrected chi connectivity index (χ3v) is 5.18. The van der Waals surface area contributed by atoms with E-state index in [0.29, 0.717) is 0 Å². The summed E-state index contributed by atoms with van der Waals surface area (Å²) in [6.45, 7) is 5.99. The lowest BCUT2D eigenvalue weighted by Gasteiger charge is -2.33. The molecule has 0 unspecified atom stereocenters. The van der Waals surface area contributed by atoms with Gasteiger partial charge in [0.15, 0.2) is 0 Å². The fourth-order valence-electron chi connectivity index (χ4n) is 2.68. The number of benzene rings is 1. The van der Waals surface area contributed by atoms with Gasteiger partial charge in [-0.1, -0.05) is 29.8 Å². The summed E-state index contributed by atoms with van der Waals surface area (Å²) in [5, 5.41) is 12.8. The van der Waals surface area contributed by atoms with Gasteiger partial charge in [-0.3, -0.25) is 9.80 Å². The highest BCUT2D eigenvalue weighted by atomic mass is 35.5. The Morgan fingerprint density at radius 3 is 2.59 bits per heavy atom. The highest BCUT2D eigenvalue weighted by Crippen LogP contribution is 2.30. The predicted molar refractivity (Wildman–Crippen MR) is 91.4 cm³/mol. The number of hydrogen-bond acceptors (Lipinski definition) is 5. The van der Waals surface area contributed by atoms with Gasteiger partial charge in [-0.15, -0.1) is 11.3 Å². The molecule has 0 aliphatic carbocycles. The van der Waals surface area contributed by atoms with E-state index in [2.05, 4.69) is 15.2 Å². The molecule has 118 valence electrons. The van der Waals surface area contributed by atoms with E-state index < -0.39 is 0 Å². The molecule has 0 amide bonds. The molecular weight excluding hydrogens is 318 g/mol. The molecule has 2 aromatic rings. The van der Waals surface area contributed by atoms with Gasteiger partial charge in [0.05, 0.1) is 17.3 Å². The van der Waals surface area contributed by atoms with Gasteiger partial charge < -0.3 is 5.11 Å². The van der Waals surface area contributed by atoms with Crippen molar-refractivity contribution in [3.63, 3.8) is 0 Å². The second kappa shape index (κ2) is 7.53. The molecular formula is C16H20ClN3OS. The van der Waals surface area contributed by atoms with Crippen molar-refractivity contribution in [1.29, 1.82) is 0 Å². The van der Waals surface area contributed by atoms with Gasteiger partial charge in [0.25, 0.3) is 0 Å². The van der Waals surface area contributed by atoms with Crippen LogP contribution in [0, 0.1) is 0 Å². The number of aliphatic hydroxyl groups excluding tert-OH is 1. The van der Waals surface area contributed by atoms with Crippen molar-refractivity contribution in [2.45, 2.75) is 6.54 Å². The smallest absolute Gasteiger partial charge is 0.125 e. The van der Waals surface area contributed by atoms with Crippen LogP contribution in [0.5, 0.6) is 0 Å². The number of rotatable bonds is 5. The van der Waals surface area contributed by atoms with Gasteiger partial charge in [0.1, 0.15) is 5.01 Å². The quantitative estimate of drug-likeness (QED) is 0.910. The summed E-state index contributed by atoms with van der Waals surface area (Å²) in [5.74, 6) is 0. The first-order chi connectivity index (χ1) is 10.8. The van der Waals surface area contributed by atoms with E-state index in [1.807, 2.05) is 24.3 Å². The fraction of sp³-hybridized carbons (Fsp3) is 0.438. The Balaban J connectivity index is 1.60. The summed E-state index contributed by atoms with van der Waals surface area (Å²) in [7, 11) is 0. The Bertz CT molecular complexity index is 611. The zero-order valence-corrected chi connectivity index (χ0v) is 14.0. The monoisotopic (exact) mass is 337 g/mol. The van der Waals surface area contributed by atoms with Crippen molar-refractivity contribution in [1.82, 2.24) is 14.8 Å². The minimum atomic E-state index is 0.243. The average molecular weight is 338 g/mol. The van der Waals surface area contributed by atoms with Crippen molar-refractivity contribution in [3.8, 4) is 10.6 Å². The van der Waals surface area contributed by atoms with Crippen molar-refractivity contribution in [3.05, 3.63) is 40.4 Å². The van der Waals surface area contributed by atoms with Crippen LogP contribution in [0.1, 0.15) is 5.69 Å². The third-order valence-electron chi connectivity index (χ3n) is 3.92. The molecule has 0 atom stereocenters. The second-order valence-corrected chi connectivity index (χ2v) is 6.73. The highest BCUT2D eigenvalue weighted by molar-refractivity contribution is 7.13. The first-order valence-corrected chi connectivity index (χ1v) is 8.77. The molecule has 3 rings (SSSR count). The lowest BCUT2D eigenvalue weighted by molar-refractivity contribution is 0.108. The Morgan fingerprint density at radius 1 is 1.14 bits per heavy atom. The maximum Gasteiger partial charge on any atom is 0.125 e. The predicted octanol–water partition coefficient (Wildman–Crippen LogP) is 2.57. The Hall–Kier alpha value is -0.980. The molecule has 1 saturated heterocycles. The maximum absolute atomic E-state index is 8.98. The number of piperazine rings is 1. The molecule has 1 aliphatic heterocycles. The molecule has 0 saturated carbocycles. The number of nitrogens with zero attached hydrogens (tertiary/aromatic N) is 3. The van der Waals surface area contributed by atoms with Crippen LogP contribution >= 0.6 is 22.9 Å². The van der Waals surface area contributed by atoms with Gasteiger partial charge in [-0.2, -0.15) is 0 Å². The normalized spacial score (nSPS) is 17.0. The molecule has 1 fully saturated rings. The van der Waals surface area contributed by atoms with Crippen LogP contribution in [0.25, 0.3) is 10.6 Å². The van der Waals surface area contributed by atoms with E-state index in [0.717, 1.165) is 60.6 Å². The SMILES string of the molecule is OCCN1CCN(Cc2csc(-c3ccccc3Cl)n2)CC1. The van der Waals surface area contributed by atoms with E-state index in [9.17, 15) is 0 Å². The third kappa shape index (κ3) is 3.86. The maximum atomic E-state index is 8.98. The van der Waals surface area contributed by atoms with Gasteiger partial charge in [0, 0.05) is 50.2 Å². The topological polar surface area (TPSA) is 39.6 Å². The van der Waals surface area contributed by atoms with Crippen LogP contribution in [0.2, 0.25) is 5.02 Å². The zero-order chi connectivity index (χ0) is 15.4. The lowest BCUT2D eigenvalue weighted by atomic mass is 10.2. The summed E-state index contributed by atoms with van der Waals surface area (Å²) < 4.78 is 0. The number of hydrogen-bond donors (Lipinski definition) is 1. The minimum absolute atomic E-state index is 0.243. The number of β-amino-alcohol motifs (C(OH)–C–C–N with tert-alkyl or cyclic N) is 1. The van der Waals surface area contributed by atoms with Gasteiger partial charge in [-0.25, -0.2) is 4.98 Å². The lowest BCUT2D eigenvalue weighted by Crippen LogP contribution is -2.46. The van der Waals surface area contributed by atoms with E-state index >= 15 is 0 Å². The number of halogens is 1. The fourth-order valence-corrected chi connectivity index (χ4v) is 3.81. The number of thiazole rings is 1. The highest BCUT2D eigenvalue weighted by Gasteiger charge is 2.17. The van der Waals surface area contributed by atoms with Crippen LogP contribution < -0.4 is 0 Å². The van der Waals surface area contributed by atoms with E-state index in [1.54, 1.807) is 11.3 Å². The average Bonchev–Trinajstić information content (AvgIpc) is 2.98. The molecule has 0 radical (unpaired) electrons. The summed E-state index contributed by atoms with van der Waals surface area (Å²) in [5.41, 5.74) is 2.11. The second-order valence-electron chi connectivity index (χ2n) is 5.47. The summed E-state index contributed by atoms with van der Waals surface area (Å²) in [6.07, 6.45) is 0. The molecule has 2 heterocycles. The molecule has 1 aliphatic rings. The zero-order valence-electron chi connectivity index (χ0n) is 12.4. The first-order valence-electron chi connectivity index (χ1n) is 7.51. The molecule has 1 aromatic carbocycles. The molecule has 0 bridgehead atoms. The Labute approximate surface area is 140 Å². The van der Waals surface area contributed by atoms with E-state index in [4.69, 9.17) is 21.7 Å². The van der Waals surface area contributed by atoms with Crippen molar-refractivity contribution in [2.24, 2.45) is 0 Å². The molecule has 6 heteroatoms.